The van der Waals surface area contributed by atoms with Crippen LogP contribution in [0, 0.1) is 10.1 Å². The molecule has 132 valence electrons. The second-order valence-corrected chi connectivity index (χ2v) is 5.40. The maximum absolute atomic E-state index is 11.2. The van der Waals surface area contributed by atoms with Crippen LogP contribution in [-0.4, -0.2) is 64.2 Å². The van der Waals surface area contributed by atoms with Crippen molar-refractivity contribution in [2.24, 2.45) is 0 Å². The maximum Gasteiger partial charge on any atom is 0.311 e. The first-order valence-electron chi connectivity index (χ1n) is 7.96. The molecule has 2 aromatic rings. The summed E-state index contributed by atoms with van der Waals surface area (Å²) in [6.07, 6.45) is 3.20. The fourth-order valence-corrected chi connectivity index (χ4v) is 2.43. The van der Waals surface area contributed by atoms with Crippen LogP contribution in [0.15, 0.2) is 30.6 Å². The number of nitrogens with zero attached hydrogens (tertiary/aromatic N) is 5. The molecule has 1 aliphatic rings. The van der Waals surface area contributed by atoms with Crippen molar-refractivity contribution < 1.29 is 9.66 Å². The third kappa shape index (κ3) is 4.81. The highest BCUT2D eigenvalue weighted by Crippen LogP contribution is 2.24. The molecular weight excluding hydrogens is 326 g/mol. The second kappa shape index (κ2) is 8.31. The molecule has 1 saturated heterocycles. The number of hydrogen-bond donors (Lipinski definition) is 2. The summed E-state index contributed by atoms with van der Waals surface area (Å²) in [5, 5.41) is 17.2. The van der Waals surface area contributed by atoms with E-state index in [2.05, 4.69) is 30.5 Å². The van der Waals surface area contributed by atoms with Crippen LogP contribution >= 0.6 is 0 Å². The summed E-state index contributed by atoms with van der Waals surface area (Å²) in [6.45, 7) is 4.48. The van der Waals surface area contributed by atoms with Gasteiger partial charge in [-0.1, -0.05) is 0 Å². The molecule has 0 unspecified atom stereocenters. The molecule has 3 rings (SSSR count). The first-order chi connectivity index (χ1) is 12.2. The van der Waals surface area contributed by atoms with E-state index in [1.807, 2.05) is 0 Å². The van der Waals surface area contributed by atoms with Gasteiger partial charge in [0.05, 0.1) is 18.1 Å². The highest BCUT2D eigenvalue weighted by Gasteiger charge is 2.17. The van der Waals surface area contributed by atoms with Gasteiger partial charge >= 0.3 is 5.69 Å². The molecule has 0 atom stereocenters. The van der Waals surface area contributed by atoms with E-state index in [0.717, 1.165) is 32.8 Å². The number of aromatic nitrogens is 3. The van der Waals surface area contributed by atoms with Crippen molar-refractivity contribution in [2.45, 2.75) is 0 Å². The zero-order valence-corrected chi connectivity index (χ0v) is 13.6. The lowest BCUT2D eigenvalue weighted by molar-refractivity contribution is -0.384. The van der Waals surface area contributed by atoms with Gasteiger partial charge in [0, 0.05) is 44.6 Å². The Hall–Kier alpha value is -2.85. The van der Waals surface area contributed by atoms with Gasteiger partial charge in [-0.3, -0.25) is 15.0 Å². The average Bonchev–Trinajstić information content (AvgIpc) is 2.63. The summed E-state index contributed by atoms with van der Waals surface area (Å²) in [7, 11) is 0. The fourth-order valence-electron chi connectivity index (χ4n) is 2.43. The lowest BCUT2D eigenvalue weighted by atomic mass is 10.3. The van der Waals surface area contributed by atoms with Gasteiger partial charge in [-0.25, -0.2) is 15.0 Å². The fraction of sp³-hybridized carbons (Fsp3) is 0.400. The predicted molar refractivity (Wildman–Crippen MR) is 92.0 cm³/mol. The lowest BCUT2D eigenvalue weighted by Gasteiger charge is -2.26. The van der Waals surface area contributed by atoms with Crippen LogP contribution in [0.4, 0.5) is 23.3 Å². The molecule has 0 aromatic carbocycles. The van der Waals surface area contributed by atoms with Gasteiger partial charge in [0.2, 0.25) is 11.8 Å². The van der Waals surface area contributed by atoms with Gasteiger partial charge in [0.25, 0.3) is 0 Å². The van der Waals surface area contributed by atoms with E-state index in [4.69, 9.17) is 4.74 Å². The van der Waals surface area contributed by atoms with Gasteiger partial charge in [0.1, 0.15) is 5.82 Å². The van der Waals surface area contributed by atoms with Crippen LogP contribution in [-0.2, 0) is 4.74 Å². The van der Waals surface area contributed by atoms with Crippen LogP contribution in [0.1, 0.15) is 0 Å². The Labute approximate surface area is 144 Å². The Morgan fingerprint density at radius 2 is 2.00 bits per heavy atom. The van der Waals surface area contributed by atoms with Crippen molar-refractivity contribution in [1.29, 1.82) is 0 Å². The predicted octanol–water partition coefficient (Wildman–Crippen LogP) is 1.27. The molecule has 3 heterocycles. The SMILES string of the molecule is O=[N+]([O-])c1ccc(Nc2ncccn2)nc1NCCN1CCOCC1. The van der Waals surface area contributed by atoms with E-state index in [1.165, 1.54) is 12.1 Å². The van der Waals surface area contributed by atoms with Gasteiger partial charge in [-0.15, -0.1) is 0 Å². The van der Waals surface area contributed by atoms with Crippen molar-refractivity contribution in [3.05, 3.63) is 40.7 Å². The Bertz CT molecular complexity index is 708. The third-order valence-corrected chi connectivity index (χ3v) is 3.70. The maximum atomic E-state index is 11.2. The monoisotopic (exact) mass is 345 g/mol. The van der Waals surface area contributed by atoms with E-state index in [9.17, 15) is 10.1 Å². The molecule has 0 aliphatic carbocycles. The molecule has 0 amide bonds. The molecular formula is C15H19N7O3. The zero-order valence-electron chi connectivity index (χ0n) is 13.6. The molecule has 2 N–H and O–H groups in total. The first kappa shape index (κ1) is 17.0. The molecule has 1 fully saturated rings. The van der Waals surface area contributed by atoms with Gasteiger partial charge in [-0.05, 0) is 12.1 Å². The highest BCUT2D eigenvalue weighted by atomic mass is 16.6. The van der Waals surface area contributed by atoms with Gasteiger partial charge in [-0.2, -0.15) is 0 Å². The Kier molecular flexibility index (Phi) is 5.65. The molecule has 0 saturated carbocycles. The van der Waals surface area contributed by atoms with Gasteiger partial charge in [0.15, 0.2) is 0 Å². The van der Waals surface area contributed by atoms with Crippen molar-refractivity contribution in [3.8, 4) is 0 Å². The molecule has 0 radical (unpaired) electrons. The first-order valence-corrected chi connectivity index (χ1v) is 7.96. The topological polar surface area (TPSA) is 118 Å². The molecule has 0 spiro atoms. The van der Waals surface area contributed by atoms with Crippen LogP contribution in [0.2, 0.25) is 0 Å². The smallest absolute Gasteiger partial charge is 0.311 e. The minimum atomic E-state index is -0.452. The summed E-state index contributed by atoms with van der Waals surface area (Å²) in [4.78, 5) is 25.4. The van der Waals surface area contributed by atoms with E-state index >= 15 is 0 Å². The third-order valence-electron chi connectivity index (χ3n) is 3.70. The molecule has 2 aromatic heterocycles. The van der Waals surface area contributed by atoms with E-state index < -0.39 is 4.92 Å². The van der Waals surface area contributed by atoms with E-state index in [1.54, 1.807) is 18.5 Å². The van der Waals surface area contributed by atoms with Crippen molar-refractivity contribution in [2.75, 3.05) is 50.0 Å². The standard InChI is InChI=1S/C15H19N7O3/c23-22(24)12-2-3-13(20-15-17-4-1-5-18-15)19-14(12)16-6-7-21-8-10-25-11-9-21/h1-5H,6-11H2,(H2,16,17,18,19,20). The average molecular weight is 345 g/mol. The quantitative estimate of drug-likeness (QED) is 0.564. The number of hydrogen-bond acceptors (Lipinski definition) is 9. The Balaban J connectivity index is 1.66. The highest BCUT2D eigenvalue weighted by molar-refractivity contribution is 5.62. The van der Waals surface area contributed by atoms with Crippen LogP contribution in [0.3, 0.4) is 0 Å². The van der Waals surface area contributed by atoms with Gasteiger partial charge < -0.3 is 15.4 Å². The largest absolute Gasteiger partial charge is 0.379 e. The Morgan fingerprint density at radius 3 is 2.72 bits per heavy atom. The number of anilines is 3. The zero-order chi connectivity index (χ0) is 17.5. The minimum Gasteiger partial charge on any atom is -0.379 e. The Morgan fingerprint density at radius 1 is 1.24 bits per heavy atom. The number of nitro groups is 1. The minimum absolute atomic E-state index is 0.0680. The lowest BCUT2D eigenvalue weighted by Crippen LogP contribution is -2.39. The summed E-state index contributed by atoms with van der Waals surface area (Å²) < 4.78 is 5.30. The van der Waals surface area contributed by atoms with Crippen molar-refractivity contribution in [1.82, 2.24) is 19.9 Å². The number of ether oxygens (including phenoxy) is 1. The van der Waals surface area contributed by atoms with Crippen LogP contribution in [0.5, 0.6) is 0 Å². The molecule has 25 heavy (non-hydrogen) atoms. The summed E-state index contributed by atoms with van der Waals surface area (Å²) >= 11 is 0. The number of morpholine rings is 1. The molecule has 0 bridgehead atoms. The normalized spacial score (nSPS) is 14.9. The number of nitrogens with one attached hydrogen (secondary N) is 2. The molecule has 1 aliphatic heterocycles. The van der Waals surface area contributed by atoms with E-state index in [-0.39, 0.29) is 11.5 Å². The van der Waals surface area contributed by atoms with E-state index in [0.29, 0.717) is 18.3 Å². The molecule has 10 heteroatoms. The number of rotatable bonds is 7. The molecule has 10 nitrogen and oxygen atoms in total. The summed E-state index contributed by atoms with van der Waals surface area (Å²) in [6, 6.07) is 4.64. The van der Waals surface area contributed by atoms with Crippen molar-refractivity contribution in [3.63, 3.8) is 0 Å². The van der Waals surface area contributed by atoms with Crippen LogP contribution in [0.25, 0.3) is 0 Å². The number of pyridine rings is 1. The summed E-state index contributed by atoms with van der Waals surface area (Å²) in [5.41, 5.74) is -0.0680. The summed E-state index contributed by atoms with van der Waals surface area (Å²) in [5.74, 6) is 1.04. The van der Waals surface area contributed by atoms with Crippen molar-refractivity contribution >= 4 is 23.3 Å². The van der Waals surface area contributed by atoms with Crippen LogP contribution < -0.4 is 10.6 Å². The second-order valence-electron chi connectivity index (χ2n) is 5.40.